The molecule has 1 heterocycles. The average Bonchev–Trinajstić information content (AvgIpc) is 2.35. The van der Waals surface area contributed by atoms with Gasteiger partial charge in [-0.25, -0.2) is 0 Å². The average molecular weight is 126 g/mol. The fraction of sp³-hybridized carbons (Fsp3) is 0.333. The van der Waals surface area contributed by atoms with Crippen molar-refractivity contribution < 1.29 is 14.6 Å². The molecule has 3 nitrogen and oxygen atoms in total. The first-order valence-corrected chi connectivity index (χ1v) is 2.74. The Morgan fingerprint density at radius 1 is 1.56 bits per heavy atom. The molecule has 3 heteroatoms. The van der Waals surface area contributed by atoms with Crippen molar-refractivity contribution in [2.75, 3.05) is 6.79 Å². The van der Waals surface area contributed by atoms with E-state index >= 15 is 0 Å². The third-order valence-corrected chi connectivity index (χ3v) is 1.37. The zero-order chi connectivity index (χ0) is 6.27. The van der Waals surface area contributed by atoms with Crippen LogP contribution in [0.1, 0.15) is 0 Å². The summed E-state index contributed by atoms with van der Waals surface area (Å²) < 4.78 is 9.89. The van der Waals surface area contributed by atoms with E-state index in [2.05, 4.69) is 0 Å². The van der Waals surface area contributed by atoms with Crippen LogP contribution in [-0.2, 0) is 9.47 Å². The van der Waals surface area contributed by atoms with Crippen LogP contribution in [0.5, 0.6) is 0 Å². The maximum Gasteiger partial charge on any atom is 0.230 e. The van der Waals surface area contributed by atoms with Crippen molar-refractivity contribution in [3.63, 3.8) is 0 Å². The van der Waals surface area contributed by atoms with Crippen LogP contribution in [0.25, 0.3) is 0 Å². The monoisotopic (exact) mass is 126 g/mol. The summed E-state index contributed by atoms with van der Waals surface area (Å²) in [5, 5.41) is 9.05. The molecule has 2 rings (SSSR count). The van der Waals surface area contributed by atoms with Crippen LogP contribution in [0, 0.1) is 0 Å². The molecule has 0 aromatic rings. The Bertz CT molecular complexity index is 192. The fourth-order valence-corrected chi connectivity index (χ4v) is 0.926. The summed E-state index contributed by atoms with van der Waals surface area (Å²) in [7, 11) is 0. The van der Waals surface area contributed by atoms with E-state index in [1.165, 1.54) is 0 Å². The molecule has 0 spiro atoms. The molecular formula is C6H6O3. The second kappa shape index (κ2) is 1.51. The predicted octanol–water partition coefficient (Wildman–Crippen LogP) is 0.133. The van der Waals surface area contributed by atoms with E-state index < -0.39 is 6.10 Å². The maximum absolute atomic E-state index is 9.05. The Morgan fingerprint density at radius 3 is 3.22 bits per heavy atom. The lowest BCUT2D eigenvalue weighted by Gasteiger charge is -2.00. The van der Waals surface area contributed by atoms with E-state index in [0.717, 1.165) is 0 Å². The zero-order valence-electron chi connectivity index (χ0n) is 4.70. The first-order chi connectivity index (χ1) is 4.38. The van der Waals surface area contributed by atoms with Crippen LogP contribution in [0.2, 0.25) is 0 Å². The van der Waals surface area contributed by atoms with Gasteiger partial charge in [0.1, 0.15) is 6.10 Å². The van der Waals surface area contributed by atoms with Crippen LogP contribution in [-0.4, -0.2) is 18.0 Å². The predicted molar refractivity (Wildman–Crippen MR) is 29.2 cm³/mol. The lowest BCUT2D eigenvalue weighted by molar-refractivity contribution is 0.0526. The van der Waals surface area contributed by atoms with Gasteiger partial charge in [-0.15, -0.1) is 0 Å². The van der Waals surface area contributed by atoms with E-state index in [-0.39, 0.29) is 6.79 Å². The molecule has 48 valence electrons. The molecule has 2 aliphatic rings. The minimum absolute atomic E-state index is 0.242. The van der Waals surface area contributed by atoms with Gasteiger partial charge in [-0.2, -0.15) is 0 Å². The maximum atomic E-state index is 9.05. The number of ether oxygens (including phenoxy) is 2. The molecule has 0 fully saturated rings. The molecule has 0 saturated heterocycles. The zero-order valence-corrected chi connectivity index (χ0v) is 4.70. The van der Waals surface area contributed by atoms with Gasteiger partial charge in [0.15, 0.2) is 11.5 Å². The van der Waals surface area contributed by atoms with E-state index in [9.17, 15) is 0 Å². The minimum Gasteiger partial charge on any atom is -0.455 e. The number of hydrogen-bond donors (Lipinski definition) is 1. The van der Waals surface area contributed by atoms with Gasteiger partial charge in [0.2, 0.25) is 6.79 Å². The van der Waals surface area contributed by atoms with Crippen molar-refractivity contribution in [3.05, 3.63) is 23.7 Å². The molecule has 0 saturated carbocycles. The summed E-state index contributed by atoms with van der Waals surface area (Å²) in [5.41, 5.74) is 0. The van der Waals surface area contributed by atoms with Gasteiger partial charge in [-0.05, 0) is 12.2 Å². The van der Waals surface area contributed by atoms with Crippen LogP contribution >= 0.6 is 0 Å². The quantitative estimate of drug-likeness (QED) is 0.501. The highest BCUT2D eigenvalue weighted by molar-refractivity contribution is 5.31. The topological polar surface area (TPSA) is 38.7 Å². The summed E-state index contributed by atoms with van der Waals surface area (Å²) in [6.07, 6.45) is 2.76. The molecule has 0 aromatic heterocycles. The van der Waals surface area contributed by atoms with E-state index in [0.29, 0.717) is 11.5 Å². The smallest absolute Gasteiger partial charge is 0.230 e. The molecule has 1 aliphatic carbocycles. The van der Waals surface area contributed by atoms with Crippen molar-refractivity contribution >= 4 is 0 Å². The first-order valence-electron chi connectivity index (χ1n) is 2.74. The van der Waals surface area contributed by atoms with Crippen LogP contribution < -0.4 is 0 Å². The number of rotatable bonds is 0. The van der Waals surface area contributed by atoms with Gasteiger partial charge in [0.25, 0.3) is 0 Å². The summed E-state index contributed by atoms with van der Waals surface area (Å²) in [6, 6.07) is 0. The summed E-state index contributed by atoms with van der Waals surface area (Å²) >= 11 is 0. The molecule has 1 aliphatic heterocycles. The highest BCUT2D eigenvalue weighted by atomic mass is 16.7. The fourth-order valence-electron chi connectivity index (χ4n) is 0.926. The Balaban J connectivity index is 2.33. The van der Waals surface area contributed by atoms with Gasteiger partial charge in [-0.3, -0.25) is 0 Å². The van der Waals surface area contributed by atoms with Crippen molar-refractivity contribution in [1.29, 1.82) is 0 Å². The Morgan fingerprint density at radius 2 is 2.44 bits per heavy atom. The van der Waals surface area contributed by atoms with Crippen molar-refractivity contribution in [2.45, 2.75) is 6.10 Å². The molecule has 0 radical (unpaired) electrons. The standard InChI is InChI=1S/C6H6O3/c7-4-1-2-5-6(4)9-3-8-5/h1-2,4,7H,3H2. The number of aliphatic hydroxyl groups excluding tert-OH is 1. The summed E-state index contributed by atoms with van der Waals surface area (Å²) in [6.45, 7) is 0.242. The van der Waals surface area contributed by atoms with Gasteiger partial charge >= 0.3 is 0 Å². The van der Waals surface area contributed by atoms with Crippen molar-refractivity contribution in [1.82, 2.24) is 0 Å². The minimum atomic E-state index is -0.581. The summed E-state index contributed by atoms with van der Waals surface area (Å²) in [5.74, 6) is 1.22. The molecule has 1 unspecified atom stereocenters. The Hall–Kier alpha value is -0.960. The molecule has 0 aromatic carbocycles. The Kier molecular flexibility index (Phi) is 0.818. The normalized spacial score (nSPS) is 30.1. The second-order valence-electron chi connectivity index (χ2n) is 1.94. The molecule has 0 bridgehead atoms. The molecular weight excluding hydrogens is 120 g/mol. The third-order valence-electron chi connectivity index (χ3n) is 1.37. The lowest BCUT2D eigenvalue weighted by atomic mass is 10.4. The summed E-state index contributed by atoms with van der Waals surface area (Å²) in [4.78, 5) is 0. The Labute approximate surface area is 52.2 Å². The van der Waals surface area contributed by atoms with Gasteiger partial charge in [-0.1, -0.05) is 0 Å². The molecule has 9 heavy (non-hydrogen) atoms. The van der Waals surface area contributed by atoms with E-state index in [4.69, 9.17) is 14.6 Å². The molecule has 1 N–H and O–H groups in total. The van der Waals surface area contributed by atoms with Gasteiger partial charge in [0.05, 0.1) is 0 Å². The van der Waals surface area contributed by atoms with E-state index in [1.807, 2.05) is 0 Å². The number of allylic oxidation sites excluding steroid dienone is 1. The van der Waals surface area contributed by atoms with Gasteiger partial charge < -0.3 is 14.6 Å². The highest BCUT2D eigenvalue weighted by Crippen LogP contribution is 2.26. The van der Waals surface area contributed by atoms with E-state index in [1.54, 1.807) is 12.2 Å². The largest absolute Gasteiger partial charge is 0.455 e. The second-order valence-corrected chi connectivity index (χ2v) is 1.94. The first kappa shape index (κ1) is 4.88. The van der Waals surface area contributed by atoms with Crippen LogP contribution in [0.4, 0.5) is 0 Å². The number of hydrogen-bond acceptors (Lipinski definition) is 3. The number of aliphatic hydroxyl groups is 1. The lowest BCUT2D eigenvalue weighted by Crippen LogP contribution is -2.04. The SMILES string of the molecule is OC1C=CC2=C1OCO2. The third kappa shape index (κ3) is 0.549. The van der Waals surface area contributed by atoms with Crippen molar-refractivity contribution in [3.8, 4) is 0 Å². The van der Waals surface area contributed by atoms with Crippen LogP contribution in [0.3, 0.4) is 0 Å². The van der Waals surface area contributed by atoms with Crippen LogP contribution in [0.15, 0.2) is 23.7 Å². The molecule has 0 amide bonds. The van der Waals surface area contributed by atoms with Crippen molar-refractivity contribution in [2.24, 2.45) is 0 Å². The highest BCUT2D eigenvalue weighted by Gasteiger charge is 2.25. The van der Waals surface area contributed by atoms with Gasteiger partial charge in [0, 0.05) is 0 Å². The molecule has 1 atom stereocenters.